The molecule has 1 aromatic carbocycles. The van der Waals surface area contributed by atoms with E-state index >= 15 is 0 Å². The van der Waals surface area contributed by atoms with E-state index in [2.05, 4.69) is 4.74 Å². The Morgan fingerprint density at radius 3 is 2.50 bits per heavy atom. The summed E-state index contributed by atoms with van der Waals surface area (Å²) in [6, 6.07) is 3.21. The van der Waals surface area contributed by atoms with Gasteiger partial charge in [0.25, 0.3) is 5.91 Å². The van der Waals surface area contributed by atoms with Crippen molar-refractivity contribution in [2.45, 2.75) is 6.18 Å². The molecule has 0 aromatic heterocycles. The Bertz CT molecular complexity index is 477. The van der Waals surface area contributed by atoms with Crippen LogP contribution in [-0.2, 0) is 0 Å². The predicted molar refractivity (Wildman–Crippen MR) is 64.0 cm³/mol. The van der Waals surface area contributed by atoms with Crippen molar-refractivity contribution in [3.05, 3.63) is 29.6 Å². The molecular formula is C12H14F4N2O2. The fourth-order valence-electron chi connectivity index (χ4n) is 1.61. The van der Waals surface area contributed by atoms with Gasteiger partial charge in [-0.05, 0) is 18.2 Å². The topological polar surface area (TPSA) is 55.6 Å². The molecule has 0 heterocycles. The van der Waals surface area contributed by atoms with Gasteiger partial charge in [-0.1, -0.05) is 0 Å². The van der Waals surface area contributed by atoms with Crippen LogP contribution in [0.2, 0.25) is 0 Å². The number of amides is 1. The molecule has 1 amide bonds. The average Bonchev–Trinajstić information content (AvgIpc) is 2.35. The van der Waals surface area contributed by atoms with Gasteiger partial charge in [-0.15, -0.1) is 0 Å². The first-order chi connectivity index (χ1) is 9.28. The summed E-state index contributed by atoms with van der Waals surface area (Å²) in [5.41, 5.74) is 4.99. The first kappa shape index (κ1) is 16.2. The minimum Gasteiger partial charge on any atom is -0.494 e. The van der Waals surface area contributed by atoms with Gasteiger partial charge >= 0.3 is 6.18 Å². The summed E-state index contributed by atoms with van der Waals surface area (Å²) in [6.07, 6.45) is -4.55. The van der Waals surface area contributed by atoms with Crippen LogP contribution in [0.25, 0.3) is 0 Å². The molecule has 112 valence electrons. The van der Waals surface area contributed by atoms with Gasteiger partial charge in [-0.3, -0.25) is 4.79 Å². The van der Waals surface area contributed by atoms with Gasteiger partial charge in [-0.25, -0.2) is 4.39 Å². The molecule has 4 nitrogen and oxygen atoms in total. The van der Waals surface area contributed by atoms with Crippen molar-refractivity contribution in [3.63, 3.8) is 0 Å². The molecule has 0 aliphatic carbocycles. The molecule has 0 fully saturated rings. The smallest absolute Gasteiger partial charge is 0.406 e. The Labute approximate surface area is 113 Å². The maximum absolute atomic E-state index is 13.5. The summed E-state index contributed by atoms with van der Waals surface area (Å²) in [6.45, 7) is -1.83. The molecule has 0 saturated carbocycles. The van der Waals surface area contributed by atoms with Crippen molar-refractivity contribution in [2.75, 3.05) is 26.7 Å². The number of nitrogens with zero attached hydrogens (tertiary/aromatic N) is 1. The standard InChI is InChI=1S/C12H14F4N2O2/c1-20-10-3-2-8(6-9(10)13)11(19)18(5-4-17)7-12(14,15)16/h2-3,6H,4-5,7,17H2,1H3. The van der Waals surface area contributed by atoms with Crippen molar-refractivity contribution in [3.8, 4) is 5.75 Å². The van der Waals surface area contributed by atoms with Crippen LogP contribution >= 0.6 is 0 Å². The minimum atomic E-state index is -4.55. The lowest BCUT2D eigenvalue weighted by Gasteiger charge is -2.23. The predicted octanol–water partition coefficient (Wildman–Crippen LogP) is 1.80. The number of carbonyl (C=O) groups excluding carboxylic acids is 1. The fraction of sp³-hybridized carbons (Fsp3) is 0.417. The third-order valence-corrected chi connectivity index (χ3v) is 2.46. The van der Waals surface area contributed by atoms with Crippen LogP contribution in [0.4, 0.5) is 17.6 Å². The highest BCUT2D eigenvalue weighted by atomic mass is 19.4. The lowest BCUT2D eigenvalue weighted by molar-refractivity contribution is -0.140. The van der Waals surface area contributed by atoms with Crippen molar-refractivity contribution in [1.82, 2.24) is 4.90 Å². The number of rotatable bonds is 5. The molecule has 0 radical (unpaired) electrons. The Hall–Kier alpha value is -1.83. The number of hydrogen-bond donors (Lipinski definition) is 1. The second kappa shape index (κ2) is 6.56. The molecular weight excluding hydrogens is 280 g/mol. The first-order valence-corrected chi connectivity index (χ1v) is 5.68. The zero-order valence-corrected chi connectivity index (χ0v) is 10.7. The lowest BCUT2D eigenvalue weighted by Crippen LogP contribution is -2.41. The third-order valence-electron chi connectivity index (χ3n) is 2.46. The molecule has 8 heteroatoms. The van der Waals surface area contributed by atoms with Crippen molar-refractivity contribution < 1.29 is 27.1 Å². The van der Waals surface area contributed by atoms with Crippen molar-refractivity contribution in [2.24, 2.45) is 5.73 Å². The van der Waals surface area contributed by atoms with E-state index in [0.717, 1.165) is 6.07 Å². The van der Waals surface area contributed by atoms with E-state index in [1.807, 2.05) is 0 Å². The largest absolute Gasteiger partial charge is 0.494 e. The highest BCUT2D eigenvalue weighted by Crippen LogP contribution is 2.21. The van der Waals surface area contributed by atoms with Crippen LogP contribution in [0.3, 0.4) is 0 Å². The molecule has 0 spiro atoms. The van der Waals surface area contributed by atoms with Crippen LogP contribution in [0.5, 0.6) is 5.75 Å². The van der Waals surface area contributed by atoms with Crippen molar-refractivity contribution >= 4 is 5.91 Å². The Balaban J connectivity index is 2.97. The van der Waals surface area contributed by atoms with Gasteiger partial charge in [0, 0.05) is 18.7 Å². The molecule has 0 aliphatic rings. The Kier molecular flexibility index (Phi) is 5.32. The maximum atomic E-state index is 13.5. The highest BCUT2D eigenvalue weighted by molar-refractivity contribution is 5.94. The van der Waals surface area contributed by atoms with E-state index in [1.54, 1.807) is 0 Å². The molecule has 0 atom stereocenters. The summed E-state index contributed by atoms with van der Waals surface area (Å²) in [7, 11) is 1.24. The molecule has 0 unspecified atom stereocenters. The quantitative estimate of drug-likeness (QED) is 0.842. The molecule has 1 aromatic rings. The lowest BCUT2D eigenvalue weighted by atomic mass is 10.1. The zero-order valence-electron chi connectivity index (χ0n) is 10.7. The number of methoxy groups -OCH3 is 1. The van der Waals surface area contributed by atoms with Gasteiger partial charge in [-0.2, -0.15) is 13.2 Å². The molecule has 0 aliphatic heterocycles. The third kappa shape index (κ3) is 4.37. The minimum absolute atomic E-state index is 0.0947. The highest BCUT2D eigenvalue weighted by Gasteiger charge is 2.33. The number of carbonyl (C=O) groups is 1. The normalized spacial score (nSPS) is 11.3. The number of halogens is 4. The van der Waals surface area contributed by atoms with E-state index in [0.29, 0.717) is 4.90 Å². The van der Waals surface area contributed by atoms with Crippen LogP contribution in [0.1, 0.15) is 10.4 Å². The number of alkyl halides is 3. The van der Waals surface area contributed by atoms with Gasteiger partial charge < -0.3 is 15.4 Å². The van der Waals surface area contributed by atoms with E-state index in [9.17, 15) is 22.4 Å². The monoisotopic (exact) mass is 294 g/mol. The number of hydrogen-bond acceptors (Lipinski definition) is 3. The molecule has 1 rings (SSSR count). The van der Waals surface area contributed by atoms with Crippen LogP contribution in [0.15, 0.2) is 18.2 Å². The number of nitrogens with two attached hydrogens (primary N) is 1. The molecule has 2 N–H and O–H groups in total. The fourth-order valence-corrected chi connectivity index (χ4v) is 1.61. The molecule has 20 heavy (non-hydrogen) atoms. The van der Waals surface area contributed by atoms with Crippen LogP contribution in [0, 0.1) is 5.82 Å². The Morgan fingerprint density at radius 1 is 1.40 bits per heavy atom. The SMILES string of the molecule is COc1ccc(C(=O)N(CCN)CC(F)(F)F)cc1F. The van der Waals surface area contributed by atoms with Crippen molar-refractivity contribution in [1.29, 1.82) is 0 Å². The summed E-state index contributed by atoms with van der Waals surface area (Å²) in [4.78, 5) is 12.5. The van der Waals surface area contributed by atoms with Gasteiger partial charge in [0.15, 0.2) is 11.6 Å². The van der Waals surface area contributed by atoms with Crippen LogP contribution < -0.4 is 10.5 Å². The summed E-state index contributed by atoms with van der Waals surface area (Å²) in [5.74, 6) is -1.85. The summed E-state index contributed by atoms with van der Waals surface area (Å²) < 4.78 is 55.2. The first-order valence-electron chi connectivity index (χ1n) is 5.68. The second-order valence-corrected chi connectivity index (χ2v) is 3.98. The summed E-state index contributed by atoms with van der Waals surface area (Å²) >= 11 is 0. The van der Waals surface area contributed by atoms with E-state index < -0.39 is 24.4 Å². The second-order valence-electron chi connectivity index (χ2n) is 3.98. The van der Waals surface area contributed by atoms with E-state index in [4.69, 9.17) is 5.73 Å². The number of benzene rings is 1. The zero-order chi connectivity index (χ0) is 15.3. The van der Waals surface area contributed by atoms with Gasteiger partial charge in [0.2, 0.25) is 0 Å². The van der Waals surface area contributed by atoms with E-state index in [-0.39, 0.29) is 24.4 Å². The molecule has 0 bridgehead atoms. The summed E-state index contributed by atoms with van der Waals surface area (Å²) in [5, 5.41) is 0. The van der Waals surface area contributed by atoms with Gasteiger partial charge in [0.1, 0.15) is 6.54 Å². The number of ether oxygens (including phenoxy) is 1. The van der Waals surface area contributed by atoms with Gasteiger partial charge in [0.05, 0.1) is 7.11 Å². The molecule has 0 saturated heterocycles. The Morgan fingerprint density at radius 2 is 2.05 bits per heavy atom. The average molecular weight is 294 g/mol. The van der Waals surface area contributed by atoms with Crippen LogP contribution in [-0.4, -0.2) is 43.7 Å². The van der Waals surface area contributed by atoms with E-state index in [1.165, 1.54) is 19.2 Å². The maximum Gasteiger partial charge on any atom is 0.406 e.